The van der Waals surface area contributed by atoms with E-state index < -0.39 is 12.0 Å². The molecule has 5 heteroatoms. The fourth-order valence-electron chi connectivity index (χ4n) is 2.02. The van der Waals surface area contributed by atoms with Crippen molar-refractivity contribution in [3.05, 3.63) is 29.0 Å². The van der Waals surface area contributed by atoms with Crippen molar-refractivity contribution in [1.82, 2.24) is 10.3 Å². The third-order valence-electron chi connectivity index (χ3n) is 2.86. The SMILES string of the molecule is O=C(O)C1CC(c2cc(Cl)ccn2)CCN1. The van der Waals surface area contributed by atoms with Crippen LogP contribution in [0.5, 0.6) is 0 Å². The highest BCUT2D eigenvalue weighted by molar-refractivity contribution is 6.30. The first-order chi connectivity index (χ1) is 7.66. The fraction of sp³-hybridized carbons (Fsp3) is 0.455. The Labute approximate surface area is 98.6 Å². The maximum Gasteiger partial charge on any atom is 0.320 e. The van der Waals surface area contributed by atoms with Gasteiger partial charge in [0.25, 0.3) is 0 Å². The van der Waals surface area contributed by atoms with Crippen molar-refractivity contribution in [2.45, 2.75) is 24.8 Å². The monoisotopic (exact) mass is 240 g/mol. The van der Waals surface area contributed by atoms with Crippen LogP contribution in [-0.4, -0.2) is 28.6 Å². The van der Waals surface area contributed by atoms with Gasteiger partial charge in [0.05, 0.1) is 0 Å². The molecule has 0 saturated carbocycles. The van der Waals surface area contributed by atoms with Gasteiger partial charge in [0.15, 0.2) is 0 Å². The van der Waals surface area contributed by atoms with Gasteiger partial charge in [-0.15, -0.1) is 0 Å². The van der Waals surface area contributed by atoms with E-state index in [1.807, 2.05) is 6.07 Å². The maximum atomic E-state index is 10.9. The quantitative estimate of drug-likeness (QED) is 0.825. The van der Waals surface area contributed by atoms with Gasteiger partial charge in [-0.05, 0) is 31.5 Å². The molecule has 0 aliphatic carbocycles. The molecule has 0 radical (unpaired) electrons. The van der Waals surface area contributed by atoms with Gasteiger partial charge < -0.3 is 10.4 Å². The van der Waals surface area contributed by atoms with Crippen molar-refractivity contribution in [3.8, 4) is 0 Å². The standard InChI is InChI=1S/C11H13ClN2O2/c12-8-2-4-13-9(6-8)7-1-3-14-10(5-7)11(15)16/h2,4,6-7,10,14H,1,3,5H2,(H,15,16). The summed E-state index contributed by atoms with van der Waals surface area (Å²) in [5.74, 6) is -0.618. The van der Waals surface area contributed by atoms with Gasteiger partial charge in [-0.25, -0.2) is 0 Å². The molecule has 2 unspecified atom stereocenters. The molecule has 1 aromatic rings. The molecule has 2 N–H and O–H groups in total. The summed E-state index contributed by atoms with van der Waals surface area (Å²) in [6.45, 7) is 0.704. The molecule has 1 aliphatic heterocycles. The summed E-state index contributed by atoms with van der Waals surface area (Å²) in [4.78, 5) is 15.1. The fourth-order valence-corrected chi connectivity index (χ4v) is 2.19. The molecular weight excluding hydrogens is 228 g/mol. The van der Waals surface area contributed by atoms with Gasteiger partial charge in [-0.3, -0.25) is 9.78 Å². The zero-order valence-corrected chi connectivity index (χ0v) is 9.44. The highest BCUT2D eigenvalue weighted by atomic mass is 35.5. The van der Waals surface area contributed by atoms with E-state index >= 15 is 0 Å². The molecule has 0 amide bonds. The molecule has 0 bridgehead atoms. The number of nitrogens with zero attached hydrogens (tertiary/aromatic N) is 1. The number of aliphatic carboxylic acids is 1. The van der Waals surface area contributed by atoms with E-state index in [-0.39, 0.29) is 5.92 Å². The number of hydrogen-bond acceptors (Lipinski definition) is 3. The molecule has 16 heavy (non-hydrogen) atoms. The number of piperidine rings is 1. The van der Waals surface area contributed by atoms with E-state index in [0.29, 0.717) is 18.0 Å². The van der Waals surface area contributed by atoms with Crippen molar-refractivity contribution in [3.63, 3.8) is 0 Å². The smallest absolute Gasteiger partial charge is 0.320 e. The van der Waals surface area contributed by atoms with E-state index in [1.165, 1.54) is 0 Å². The number of rotatable bonds is 2. The third kappa shape index (κ3) is 2.51. The highest BCUT2D eigenvalue weighted by Gasteiger charge is 2.28. The van der Waals surface area contributed by atoms with Crippen LogP contribution in [0.4, 0.5) is 0 Å². The molecule has 1 aliphatic rings. The van der Waals surface area contributed by atoms with Gasteiger partial charge >= 0.3 is 5.97 Å². The number of carboxylic acid groups (broad SMARTS) is 1. The van der Waals surface area contributed by atoms with Crippen LogP contribution in [0, 0.1) is 0 Å². The van der Waals surface area contributed by atoms with Crippen molar-refractivity contribution < 1.29 is 9.90 Å². The molecule has 1 aromatic heterocycles. The predicted octanol–water partition coefficient (Wildman–Crippen LogP) is 1.66. The predicted molar refractivity (Wildman–Crippen MR) is 60.6 cm³/mol. The lowest BCUT2D eigenvalue weighted by Crippen LogP contribution is -2.42. The Kier molecular flexibility index (Phi) is 3.41. The minimum Gasteiger partial charge on any atom is -0.480 e. The van der Waals surface area contributed by atoms with Crippen LogP contribution in [0.25, 0.3) is 0 Å². The summed E-state index contributed by atoms with van der Waals surface area (Å²) < 4.78 is 0. The van der Waals surface area contributed by atoms with Crippen LogP contribution in [0.3, 0.4) is 0 Å². The summed E-state index contributed by atoms with van der Waals surface area (Å²) in [7, 11) is 0. The molecule has 2 atom stereocenters. The van der Waals surface area contributed by atoms with Gasteiger partial charge in [0.2, 0.25) is 0 Å². The average molecular weight is 241 g/mol. The topological polar surface area (TPSA) is 62.2 Å². The van der Waals surface area contributed by atoms with E-state index in [9.17, 15) is 4.79 Å². The van der Waals surface area contributed by atoms with Gasteiger partial charge in [-0.2, -0.15) is 0 Å². The second-order valence-corrected chi connectivity index (χ2v) is 4.40. The number of pyridine rings is 1. The van der Waals surface area contributed by atoms with Crippen LogP contribution in [0.1, 0.15) is 24.5 Å². The number of carboxylic acids is 1. The zero-order chi connectivity index (χ0) is 11.5. The van der Waals surface area contributed by atoms with Gasteiger partial charge in [-0.1, -0.05) is 11.6 Å². The first-order valence-electron chi connectivity index (χ1n) is 5.24. The summed E-state index contributed by atoms with van der Waals surface area (Å²) in [6, 6.07) is 3.07. The van der Waals surface area contributed by atoms with E-state index in [0.717, 1.165) is 12.1 Å². The first-order valence-corrected chi connectivity index (χ1v) is 5.62. The van der Waals surface area contributed by atoms with Crippen LogP contribution in [0.15, 0.2) is 18.3 Å². The lowest BCUT2D eigenvalue weighted by molar-refractivity contribution is -0.140. The average Bonchev–Trinajstić information content (AvgIpc) is 2.29. The number of carbonyl (C=O) groups is 1. The third-order valence-corrected chi connectivity index (χ3v) is 3.10. The second kappa shape index (κ2) is 4.80. The first kappa shape index (κ1) is 11.4. The summed E-state index contributed by atoms with van der Waals surface area (Å²) >= 11 is 5.89. The summed E-state index contributed by atoms with van der Waals surface area (Å²) in [5.41, 5.74) is 0.889. The minimum atomic E-state index is -0.799. The van der Waals surface area contributed by atoms with Crippen molar-refractivity contribution in [2.24, 2.45) is 0 Å². The Bertz CT molecular complexity index is 397. The molecule has 2 rings (SSSR count). The van der Waals surface area contributed by atoms with Crippen LogP contribution >= 0.6 is 11.6 Å². The Balaban J connectivity index is 2.12. The van der Waals surface area contributed by atoms with Crippen molar-refractivity contribution in [2.75, 3.05) is 6.54 Å². The lowest BCUT2D eigenvalue weighted by Gasteiger charge is -2.27. The minimum absolute atomic E-state index is 0.182. The Morgan fingerprint density at radius 2 is 2.44 bits per heavy atom. The van der Waals surface area contributed by atoms with E-state index in [4.69, 9.17) is 16.7 Å². The number of aromatic nitrogens is 1. The summed E-state index contributed by atoms with van der Waals surface area (Å²) in [5, 5.41) is 12.6. The highest BCUT2D eigenvalue weighted by Crippen LogP contribution is 2.27. The number of hydrogen-bond donors (Lipinski definition) is 2. The normalized spacial score (nSPS) is 25.3. The van der Waals surface area contributed by atoms with Crippen LogP contribution < -0.4 is 5.32 Å². The number of halogens is 1. The zero-order valence-electron chi connectivity index (χ0n) is 8.69. The molecule has 2 heterocycles. The Morgan fingerprint density at radius 1 is 1.62 bits per heavy atom. The summed E-state index contributed by atoms with van der Waals surface area (Å²) in [6.07, 6.45) is 3.13. The maximum absolute atomic E-state index is 10.9. The largest absolute Gasteiger partial charge is 0.480 e. The van der Waals surface area contributed by atoms with Crippen molar-refractivity contribution >= 4 is 17.6 Å². The molecule has 1 saturated heterocycles. The Hall–Kier alpha value is -1.13. The van der Waals surface area contributed by atoms with Crippen LogP contribution in [0.2, 0.25) is 5.02 Å². The lowest BCUT2D eigenvalue weighted by atomic mass is 9.89. The number of nitrogens with one attached hydrogen (secondary N) is 1. The Morgan fingerprint density at radius 3 is 3.12 bits per heavy atom. The molecule has 1 fully saturated rings. The molecule has 0 spiro atoms. The van der Waals surface area contributed by atoms with Gasteiger partial charge in [0, 0.05) is 22.8 Å². The molecule has 86 valence electrons. The molecule has 0 aromatic carbocycles. The molecular formula is C11H13ClN2O2. The molecule has 4 nitrogen and oxygen atoms in total. The van der Waals surface area contributed by atoms with E-state index in [2.05, 4.69) is 10.3 Å². The van der Waals surface area contributed by atoms with Gasteiger partial charge in [0.1, 0.15) is 6.04 Å². The van der Waals surface area contributed by atoms with Crippen molar-refractivity contribution in [1.29, 1.82) is 0 Å². The second-order valence-electron chi connectivity index (χ2n) is 3.97. The van der Waals surface area contributed by atoms with E-state index in [1.54, 1.807) is 12.3 Å². The van der Waals surface area contributed by atoms with Crippen LogP contribution in [-0.2, 0) is 4.79 Å².